The van der Waals surface area contributed by atoms with Crippen molar-refractivity contribution >= 4 is 15.9 Å². The van der Waals surface area contributed by atoms with Crippen molar-refractivity contribution in [3.05, 3.63) is 28.2 Å². The summed E-state index contributed by atoms with van der Waals surface area (Å²) in [5, 5.41) is 9.98. The molecule has 0 saturated carbocycles. The van der Waals surface area contributed by atoms with Crippen LogP contribution in [0.25, 0.3) is 0 Å². The van der Waals surface area contributed by atoms with Crippen LogP contribution in [0.5, 0.6) is 5.75 Å². The Bertz CT molecular complexity index is 411. The average Bonchev–Trinajstić information content (AvgIpc) is 2.41. The highest BCUT2D eigenvalue weighted by Crippen LogP contribution is 2.32. The number of piperidine rings is 1. The number of methoxy groups -OCH3 is 1. The molecule has 18 heavy (non-hydrogen) atoms. The zero-order valence-corrected chi connectivity index (χ0v) is 12.5. The number of hydrogen-bond acceptors (Lipinski definition) is 3. The molecule has 2 unspecified atom stereocenters. The molecule has 1 N–H and O–H groups in total. The van der Waals surface area contributed by atoms with Gasteiger partial charge in [-0.3, -0.25) is 4.90 Å². The van der Waals surface area contributed by atoms with Gasteiger partial charge >= 0.3 is 0 Å². The third-order valence-electron chi connectivity index (χ3n) is 3.73. The largest absolute Gasteiger partial charge is 0.508 e. The molecule has 1 aromatic carbocycles. The first-order valence-electron chi connectivity index (χ1n) is 6.37. The normalized spacial score (nSPS) is 22.9. The van der Waals surface area contributed by atoms with Crippen LogP contribution < -0.4 is 0 Å². The number of hydrogen-bond donors (Lipinski definition) is 1. The number of aromatic hydroxyl groups is 1. The minimum absolute atomic E-state index is 0.209. The van der Waals surface area contributed by atoms with Crippen LogP contribution in [-0.2, 0) is 4.74 Å². The lowest BCUT2D eigenvalue weighted by molar-refractivity contribution is 0.0167. The number of ether oxygens (including phenoxy) is 1. The monoisotopic (exact) mass is 313 g/mol. The third-order valence-corrected chi connectivity index (χ3v) is 4.22. The minimum Gasteiger partial charge on any atom is -0.508 e. The summed E-state index contributed by atoms with van der Waals surface area (Å²) < 4.78 is 6.45. The van der Waals surface area contributed by atoms with Gasteiger partial charge in [0.1, 0.15) is 5.75 Å². The standard InChI is InChI=1S/C14H20BrNO2/c1-10(13-8-11(15)5-6-14(13)17)16-7-3-4-12(9-16)18-2/h5-6,8,10,12,17H,3-4,7,9H2,1-2H3. The fourth-order valence-electron chi connectivity index (χ4n) is 2.57. The van der Waals surface area contributed by atoms with E-state index >= 15 is 0 Å². The first kappa shape index (κ1) is 13.8. The molecule has 4 heteroatoms. The molecule has 1 heterocycles. The van der Waals surface area contributed by atoms with E-state index in [0.717, 1.165) is 36.0 Å². The maximum absolute atomic E-state index is 9.98. The molecule has 1 aliphatic heterocycles. The first-order chi connectivity index (χ1) is 8.61. The number of likely N-dealkylation sites (tertiary alicyclic amines) is 1. The highest BCUT2D eigenvalue weighted by Gasteiger charge is 2.25. The fourth-order valence-corrected chi connectivity index (χ4v) is 2.95. The Kier molecular flexibility index (Phi) is 4.65. The number of phenols is 1. The SMILES string of the molecule is COC1CCCN(C(C)c2cc(Br)ccc2O)C1. The van der Waals surface area contributed by atoms with E-state index in [1.165, 1.54) is 0 Å². The molecule has 0 bridgehead atoms. The summed E-state index contributed by atoms with van der Waals surface area (Å²) in [6.45, 7) is 4.14. The average molecular weight is 314 g/mol. The molecule has 1 aliphatic rings. The van der Waals surface area contributed by atoms with E-state index in [1.807, 2.05) is 12.1 Å². The van der Waals surface area contributed by atoms with Crippen molar-refractivity contribution in [2.45, 2.75) is 31.9 Å². The van der Waals surface area contributed by atoms with Crippen molar-refractivity contribution in [3.63, 3.8) is 0 Å². The highest BCUT2D eigenvalue weighted by atomic mass is 79.9. The zero-order valence-electron chi connectivity index (χ0n) is 10.9. The number of phenolic OH excluding ortho intramolecular Hbond substituents is 1. The quantitative estimate of drug-likeness (QED) is 0.929. The second-order valence-corrected chi connectivity index (χ2v) is 5.79. The Balaban J connectivity index is 2.14. The Hall–Kier alpha value is -0.580. The second kappa shape index (κ2) is 6.04. The predicted molar refractivity (Wildman–Crippen MR) is 75.8 cm³/mol. The van der Waals surface area contributed by atoms with Gasteiger partial charge in [0.25, 0.3) is 0 Å². The van der Waals surface area contributed by atoms with Crippen LogP contribution in [0.1, 0.15) is 31.4 Å². The summed E-state index contributed by atoms with van der Waals surface area (Å²) in [5.41, 5.74) is 0.973. The molecule has 3 nitrogen and oxygen atoms in total. The highest BCUT2D eigenvalue weighted by molar-refractivity contribution is 9.10. The lowest BCUT2D eigenvalue weighted by Crippen LogP contribution is -2.40. The van der Waals surface area contributed by atoms with E-state index in [0.29, 0.717) is 11.9 Å². The van der Waals surface area contributed by atoms with Crippen LogP contribution in [0.2, 0.25) is 0 Å². The number of benzene rings is 1. The maximum atomic E-state index is 9.98. The Labute approximate surface area is 117 Å². The van der Waals surface area contributed by atoms with Crippen molar-refractivity contribution in [3.8, 4) is 5.75 Å². The number of halogens is 1. The van der Waals surface area contributed by atoms with Gasteiger partial charge in [-0.25, -0.2) is 0 Å². The van der Waals surface area contributed by atoms with Crippen molar-refractivity contribution < 1.29 is 9.84 Å². The minimum atomic E-state index is 0.209. The summed E-state index contributed by atoms with van der Waals surface area (Å²) >= 11 is 3.46. The lowest BCUT2D eigenvalue weighted by atomic mass is 10.0. The Morgan fingerprint density at radius 1 is 1.50 bits per heavy atom. The van der Waals surface area contributed by atoms with Crippen LogP contribution in [0.15, 0.2) is 22.7 Å². The van der Waals surface area contributed by atoms with Gasteiger partial charge in [0, 0.05) is 29.7 Å². The van der Waals surface area contributed by atoms with Crippen molar-refractivity contribution in [2.75, 3.05) is 20.2 Å². The van der Waals surface area contributed by atoms with E-state index in [9.17, 15) is 5.11 Å². The molecule has 2 rings (SSSR count). The predicted octanol–water partition coefficient (Wildman–Crippen LogP) is 3.33. The summed E-state index contributed by atoms with van der Waals surface area (Å²) in [7, 11) is 1.77. The summed E-state index contributed by atoms with van der Waals surface area (Å²) in [6, 6.07) is 5.81. The van der Waals surface area contributed by atoms with Gasteiger partial charge in [-0.05, 0) is 44.5 Å². The van der Waals surface area contributed by atoms with Crippen LogP contribution in [0.4, 0.5) is 0 Å². The van der Waals surface area contributed by atoms with Gasteiger partial charge < -0.3 is 9.84 Å². The van der Waals surface area contributed by atoms with E-state index in [2.05, 4.69) is 27.8 Å². The fraction of sp³-hybridized carbons (Fsp3) is 0.571. The number of nitrogens with zero attached hydrogens (tertiary/aromatic N) is 1. The molecule has 2 atom stereocenters. The van der Waals surface area contributed by atoms with Crippen molar-refractivity contribution in [1.29, 1.82) is 0 Å². The van der Waals surface area contributed by atoms with Gasteiger partial charge in [0.15, 0.2) is 0 Å². The Morgan fingerprint density at radius 2 is 2.28 bits per heavy atom. The van der Waals surface area contributed by atoms with E-state index < -0.39 is 0 Å². The van der Waals surface area contributed by atoms with Crippen LogP contribution >= 0.6 is 15.9 Å². The lowest BCUT2D eigenvalue weighted by Gasteiger charge is -2.36. The molecule has 0 aliphatic carbocycles. The van der Waals surface area contributed by atoms with Gasteiger partial charge in [-0.1, -0.05) is 15.9 Å². The molecule has 0 radical (unpaired) electrons. The third kappa shape index (κ3) is 3.05. The van der Waals surface area contributed by atoms with Crippen molar-refractivity contribution in [1.82, 2.24) is 4.90 Å². The first-order valence-corrected chi connectivity index (χ1v) is 7.16. The second-order valence-electron chi connectivity index (χ2n) is 4.87. The molecule has 1 aromatic rings. The summed E-state index contributed by atoms with van der Waals surface area (Å²) in [6.07, 6.45) is 2.59. The Morgan fingerprint density at radius 3 is 3.00 bits per heavy atom. The molecule has 100 valence electrons. The molecule has 1 saturated heterocycles. The molecule has 1 fully saturated rings. The zero-order chi connectivity index (χ0) is 13.1. The van der Waals surface area contributed by atoms with Crippen LogP contribution in [-0.4, -0.2) is 36.3 Å². The number of rotatable bonds is 3. The smallest absolute Gasteiger partial charge is 0.120 e. The topological polar surface area (TPSA) is 32.7 Å². The summed E-state index contributed by atoms with van der Waals surface area (Å²) in [5.74, 6) is 0.366. The van der Waals surface area contributed by atoms with Crippen molar-refractivity contribution in [2.24, 2.45) is 0 Å². The molecule has 0 amide bonds. The van der Waals surface area contributed by atoms with E-state index in [4.69, 9.17) is 4.74 Å². The molecule has 0 spiro atoms. The van der Waals surface area contributed by atoms with Gasteiger partial charge in [-0.2, -0.15) is 0 Å². The van der Waals surface area contributed by atoms with Crippen LogP contribution in [0, 0.1) is 0 Å². The molecule has 0 aromatic heterocycles. The maximum Gasteiger partial charge on any atom is 0.120 e. The molecular formula is C14H20BrNO2. The van der Waals surface area contributed by atoms with Gasteiger partial charge in [-0.15, -0.1) is 0 Å². The van der Waals surface area contributed by atoms with Gasteiger partial charge in [0.2, 0.25) is 0 Å². The van der Waals surface area contributed by atoms with Crippen LogP contribution in [0.3, 0.4) is 0 Å². The summed E-state index contributed by atoms with van der Waals surface area (Å²) in [4.78, 5) is 2.37. The van der Waals surface area contributed by atoms with E-state index in [1.54, 1.807) is 13.2 Å². The molecular weight excluding hydrogens is 294 g/mol. The van der Waals surface area contributed by atoms with Gasteiger partial charge in [0.05, 0.1) is 6.10 Å². The van der Waals surface area contributed by atoms with E-state index in [-0.39, 0.29) is 6.04 Å².